The van der Waals surface area contributed by atoms with Gasteiger partial charge in [0, 0.05) is 23.8 Å². The second-order valence-corrected chi connectivity index (χ2v) is 6.34. The van der Waals surface area contributed by atoms with Gasteiger partial charge in [-0.1, -0.05) is 12.1 Å². The van der Waals surface area contributed by atoms with Gasteiger partial charge >= 0.3 is 0 Å². The van der Waals surface area contributed by atoms with Crippen molar-refractivity contribution in [3.63, 3.8) is 0 Å². The maximum Gasteiger partial charge on any atom is 0.138 e. The van der Waals surface area contributed by atoms with Crippen molar-refractivity contribution in [2.45, 2.75) is 32.7 Å². The molecule has 0 bridgehead atoms. The van der Waals surface area contributed by atoms with Gasteiger partial charge in [-0.25, -0.2) is 4.98 Å². The number of hydrogen-bond acceptors (Lipinski definition) is 2. The third kappa shape index (κ3) is 2.17. The third-order valence-corrected chi connectivity index (χ3v) is 4.52. The molecular formula is C19H21N3. The molecule has 0 saturated carbocycles. The molecular weight excluding hydrogens is 270 g/mol. The lowest BCUT2D eigenvalue weighted by Crippen LogP contribution is -2.35. The van der Waals surface area contributed by atoms with Gasteiger partial charge in [0.1, 0.15) is 5.82 Å². The summed E-state index contributed by atoms with van der Waals surface area (Å²) < 4.78 is 0. The first-order chi connectivity index (χ1) is 10.7. The van der Waals surface area contributed by atoms with Gasteiger partial charge < -0.3 is 9.88 Å². The standard InChI is InChI=1S/C19H21N3/c1-13(2)22-11-5-6-14-12-15(9-10-18(14)22)19-20-16-7-3-4-8-17(16)21-19/h3-4,7-10,12-13H,5-6,11H2,1-2H3,(H,20,21). The van der Waals surface area contributed by atoms with E-state index in [1.807, 2.05) is 18.2 Å². The van der Waals surface area contributed by atoms with Crippen LogP contribution in [0.2, 0.25) is 0 Å². The first-order valence-corrected chi connectivity index (χ1v) is 8.07. The van der Waals surface area contributed by atoms with Crippen LogP contribution in [0.15, 0.2) is 42.5 Å². The Hall–Kier alpha value is -2.29. The predicted octanol–water partition coefficient (Wildman–Crippen LogP) is 4.39. The number of hydrogen-bond donors (Lipinski definition) is 1. The summed E-state index contributed by atoms with van der Waals surface area (Å²) in [4.78, 5) is 10.6. The summed E-state index contributed by atoms with van der Waals surface area (Å²) in [5.74, 6) is 0.964. The number of aryl methyl sites for hydroxylation is 1. The summed E-state index contributed by atoms with van der Waals surface area (Å²) in [5, 5.41) is 0. The van der Waals surface area contributed by atoms with Crippen molar-refractivity contribution in [1.29, 1.82) is 0 Å². The highest BCUT2D eigenvalue weighted by Crippen LogP contribution is 2.32. The first kappa shape index (κ1) is 13.4. The normalized spacial score (nSPS) is 14.6. The van der Waals surface area contributed by atoms with Crippen LogP contribution in [0.1, 0.15) is 25.8 Å². The Morgan fingerprint density at radius 2 is 2.00 bits per heavy atom. The first-order valence-electron chi connectivity index (χ1n) is 8.07. The van der Waals surface area contributed by atoms with E-state index >= 15 is 0 Å². The lowest BCUT2D eigenvalue weighted by atomic mass is 9.98. The van der Waals surface area contributed by atoms with Crippen LogP contribution in [-0.4, -0.2) is 22.6 Å². The van der Waals surface area contributed by atoms with E-state index in [1.54, 1.807) is 0 Å². The number of fused-ring (bicyclic) bond motifs is 2. The van der Waals surface area contributed by atoms with Crippen molar-refractivity contribution >= 4 is 16.7 Å². The molecule has 0 aliphatic carbocycles. The van der Waals surface area contributed by atoms with Crippen LogP contribution < -0.4 is 4.90 Å². The number of anilines is 1. The van der Waals surface area contributed by atoms with E-state index in [0.717, 1.165) is 29.8 Å². The zero-order valence-corrected chi connectivity index (χ0v) is 13.1. The van der Waals surface area contributed by atoms with E-state index in [2.05, 4.69) is 48.0 Å². The van der Waals surface area contributed by atoms with Crippen molar-refractivity contribution < 1.29 is 0 Å². The lowest BCUT2D eigenvalue weighted by molar-refractivity contribution is 0.626. The summed E-state index contributed by atoms with van der Waals surface area (Å²) >= 11 is 0. The molecule has 1 aliphatic rings. The molecule has 1 aromatic heterocycles. The fourth-order valence-corrected chi connectivity index (χ4v) is 3.40. The van der Waals surface area contributed by atoms with Crippen molar-refractivity contribution in [2.75, 3.05) is 11.4 Å². The number of H-pyrrole nitrogens is 1. The van der Waals surface area contributed by atoms with Crippen LogP contribution in [0.3, 0.4) is 0 Å². The Balaban J connectivity index is 1.77. The van der Waals surface area contributed by atoms with Gasteiger partial charge in [-0.3, -0.25) is 0 Å². The van der Waals surface area contributed by atoms with Crippen LogP contribution >= 0.6 is 0 Å². The maximum atomic E-state index is 4.72. The summed E-state index contributed by atoms with van der Waals surface area (Å²) in [6, 6.07) is 15.5. The molecule has 0 radical (unpaired) electrons. The highest BCUT2D eigenvalue weighted by molar-refractivity contribution is 5.79. The third-order valence-electron chi connectivity index (χ3n) is 4.52. The van der Waals surface area contributed by atoms with Crippen LogP contribution in [-0.2, 0) is 6.42 Å². The number of rotatable bonds is 2. The van der Waals surface area contributed by atoms with E-state index in [-0.39, 0.29) is 0 Å². The molecule has 2 heterocycles. The summed E-state index contributed by atoms with van der Waals surface area (Å²) in [5.41, 5.74) is 6.14. The van der Waals surface area contributed by atoms with E-state index in [4.69, 9.17) is 4.98 Å². The number of aromatic amines is 1. The van der Waals surface area contributed by atoms with E-state index in [1.165, 1.54) is 23.2 Å². The number of para-hydroxylation sites is 2. The van der Waals surface area contributed by atoms with Crippen molar-refractivity contribution in [3.8, 4) is 11.4 Å². The highest BCUT2D eigenvalue weighted by Gasteiger charge is 2.19. The van der Waals surface area contributed by atoms with Gasteiger partial charge in [0.2, 0.25) is 0 Å². The van der Waals surface area contributed by atoms with E-state index in [0.29, 0.717) is 6.04 Å². The summed E-state index contributed by atoms with van der Waals surface area (Å²) in [6.07, 6.45) is 2.39. The Bertz CT molecular complexity index is 783. The lowest BCUT2D eigenvalue weighted by Gasteiger charge is -2.34. The minimum absolute atomic E-state index is 0.552. The average Bonchev–Trinajstić information content (AvgIpc) is 2.97. The Labute approximate surface area is 131 Å². The Morgan fingerprint density at radius 1 is 1.14 bits per heavy atom. The average molecular weight is 291 g/mol. The zero-order chi connectivity index (χ0) is 15.1. The van der Waals surface area contributed by atoms with Crippen LogP contribution in [0.4, 0.5) is 5.69 Å². The Morgan fingerprint density at radius 3 is 2.82 bits per heavy atom. The topological polar surface area (TPSA) is 31.9 Å². The van der Waals surface area contributed by atoms with Crippen molar-refractivity contribution in [2.24, 2.45) is 0 Å². The number of aromatic nitrogens is 2. The molecule has 2 aromatic carbocycles. The fraction of sp³-hybridized carbons (Fsp3) is 0.316. The van der Waals surface area contributed by atoms with Crippen LogP contribution in [0.5, 0.6) is 0 Å². The van der Waals surface area contributed by atoms with Crippen LogP contribution in [0, 0.1) is 0 Å². The second-order valence-electron chi connectivity index (χ2n) is 6.34. The maximum absolute atomic E-state index is 4.72. The predicted molar refractivity (Wildman–Crippen MR) is 92.3 cm³/mol. The van der Waals surface area contributed by atoms with Gasteiger partial charge in [0.15, 0.2) is 0 Å². The van der Waals surface area contributed by atoms with Gasteiger partial charge in [-0.05, 0) is 62.6 Å². The van der Waals surface area contributed by atoms with Crippen LogP contribution in [0.25, 0.3) is 22.4 Å². The molecule has 0 spiro atoms. The second kappa shape index (κ2) is 5.16. The highest BCUT2D eigenvalue weighted by atomic mass is 15.2. The van der Waals surface area contributed by atoms with Crippen molar-refractivity contribution in [1.82, 2.24) is 9.97 Å². The number of nitrogens with one attached hydrogen (secondary N) is 1. The van der Waals surface area contributed by atoms with E-state index < -0.39 is 0 Å². The smallest absolute Gasteiger partial charge is 0.138 e. The molecule has 0 amide bonds. The molecule has 4 rings (SSSR count). The van der Waals surface area contributed by atoms with Gasteiger partial charge in [0.05, 0.1) is 11.0 Å². The van der Waals surface area contributed by atoms with E-state index in [9.17, 15) is 0 Å². The Kier molecular flexibility index (Phi) is 3.14. The van der Waals surface area contributed by atoms with Crippen molar-refractivity contribution in [3.05, 3.63) is 48.0 Å². The molecule has 1 N–H and O–H groups in total. The molecule has 0 unspecified atom stereocenters. The number of benzene rings is 2. The molecule has 1 aliphatic heterocycles. The quantitative estimate of drug-likeness (QED) is 0.759. The molecule has 3 nitrogen and oxygen atoms in total. The molecule has 0 saturated heterocycles. The molecule has 0 atom stereocenters. The molecule has 112 valence electrons. The molecule has 3 heteroatoms. The monoisotopic (exact) mass is 291 g/mol. The van der Waals surface area contributed by atoms with Gasteiger partial charge in [-0.15, -0.1) is 0 Å². The molecule has 3 aromatic rings. The van der Waals surface area contributed by atoms with Gasteiger partial charge in [-0.2, -0.15) is 0 Å². The molecule has 22 heavy (non-hydrogen) atoms. The van der Waals surface area contributed by atoms with Gasteiger partial charge in [0.25, 0.3) is 0 Å². The minimum Gasteiger partial charge on any atom is -0.369 e. The number of imidazole rings is 1. The SMILES string of the molecule is CC(C)N1CCCc2cc(-c3nc4ccccc4[nH]3)ccc21. The largest absolute Gasteiger partial charge is 0.369 e. The minimum atomic E-state index is 0.552. The fourth-order valence-electron chi connectivity index (χ4n) is 3.40. The molecule has 0 fully saturated rings. The summed E-state index contributed by atoms with van der Waals surface area (Å²) in [6.45, 7) is 5.69. The zero-order valence-electron chi connectivity index (χ0n) is 13.1. The summed E-state index contributed by atoms with van der Waals surface area (Å²) in [7, 11) is 0. The number of nitrogens with zero attached hydrogens (tertiary/aromatic N) is 2.